The van der Waals surface area contributed by atoms with Crippen molar-refractivity contribution in [3.63, 3.8) is 0 Å². The second kappa shape index (κ2) is 5.79. The predicted octanol–water partition coefficient (Wildman–Crippen LogP) is 2.93. The van der Waals surface area contributed by atoms with Gasteiger partial charge in [0.25, 0.3) is 5.69 Å². The normalized spacial score (nSPS) is 18.9. The number of nitrogens with zero attached hydrogens (tertiary/aromatic N) is 1. The van der Waals surface area contributed by atoms with Gasteiger partial charge in [0.05, 0.1) is 14.6 Å². The quantitative estimate of drug-likeness (QED) is 0.506. The highest BCUT2D eigenvalue weighted by Crippen LogP contribution is 2.29. The molecule has 1 fully saturated rings. The van der Waals surface area contributed by atoms with Crippen LogP contribution in [0.4, 0.5) is 15.8 Å². The molecule has 1 unspecified atom stereocenters. The molecule has 0 bridgehead atoms. The lowest BCUT2D eigenvalue weighted by molar-refractivity contribution is -0.384. The first-order valence-corrected chi connectivity index (χ1v) is 6.64. The van der Waals surface area contributed by atoms with Crippen LogP contribution in [0, 0.1) is 19.5 Å². The Morgan fingerprint density at radius 1 is 1.61 bits per heavy atom. The third kappa shape index (κ3) is 3.08. The number of ether oxygens (including phenoxy) is 1. The maximum absolute atomic E-state index is 13.4. The number of nitro groups is 1. The molecule has 2 rings (SSSR count). The van der Waals surface area contributed by atoms with E-state index in [1.807, 2.05) is 0 Å². The zero-order chi connectivity index (χ0) is 13.1. The molecule has 1 aliphatic heterocycles. The van der Waals surface area contributed by atoms with E-state index in [9.17, 15) is 14.5 Å². The summed E-state index contributed by atoms with van der Waals surface area (Å²) >= 11 is 1.73. The third-order valence-electron chi connectivity index (χ3n) is 2.78. The first kappa shape index (κ1) is 13.5. The first-order chi connectivity index (χ1) is 8.58. The molecule has 1 atom stereocenters. The van der Waals surface area contributed by atoms with E-state index < -0.39 is 10.7 Å². The molecule has 0 amide bonds. The monoisotopic (exact) mass is 366 g/mol. The summed E-state index contributed by atoms with van der Waals surface area (Å²) in [6.45, 7) is 1.18. The molecule has 0 radical (unpaired) electrons. The van der Waals surface area contributed by atoms with Crippen LogP contribution in [0.2, 0.25) is 0 Å². The van der Waals surface area contributed by atoms with Crippen LogP contribution < -0.4 is 5.32 Å². The number of anilines is 1. The Hall–Kier alpha value is -0.960. The summed E-state index contributed by atoms with van der Waals surface area (Å²) in [4.78, 5) is 10.4. The Kier molecular flexibility index (Phi) is 4.33. The van der Waals surface area contributed by atoms with Crippen molar-refractivity contribution in [2.24, 2.45) is 0 Å². The second-order valence-corrected chi connectivity index (χ2v) is 5.22. The van der Waals surface area contributed by atoms with Crippen LogP contribution in [0.5, 0.6) is 0 Å². The van der Waals surface area contributed by atoms with Gasteiger partial charge in [-0.1, -0.05) is 0 Å². The van der Waals surface area contributed by atoms with Crippen molar-refractivity contribution >= 4 is 34.0 Å². The maximum atomic E-state index is 13.4. The van der Waals surface area contributed by atoms with Crippen molar-refractivity contribution in [2.45, 2.75) is 18.9 Å². The summed E-state index contributed by atoms with van der Waals surface area (Å²) in [5, 5.41) is 13.8. The largest absolute Gasteiger partial charge is 0.377 e. The Morgan fingerprint density at radius 3 is 3.00 bits per heavy atom. The van der Waals surface area contributed by atoms with Gasteiger partial charge in [0, 0.05) is 25.3 Å². The summed E-state index contributed by atoms with van der Waals surface area (Å²) in [7, 11) is 0. The van der Waals surface area contributed by atoms with Gasteiger partial charge in [0.15, 0.2) is 0 Å². The van der Waals surface area contributed by atoms with Crippen molar-refractivity contribution in [1.82, 2.24) is 0 Å². The zero-order valence-corrected chi connectivity index (χ0v) is 11.6. The van der Waals surface area contributed by atoms with E-state index in [0.717, 1.165) is 25.5 Å². The van der Waals surface area contributed by atoms with E-state index in [2.05, 4.69) is 5.32 Å². The molecule has 0 aromatic heterocycles. The molecule has 1 saturated heterocycles. The van der Waals surface area contributed by atoms with Crippen LogP contribution in [0.15, 0.2) is 12.1 Å². The third-order valence-corrected chi connectivity index (χ3v) is 3.61. The number of nitrogens with one attached hydrogen (secondary N) is 1. The van der Waals surface area contributed by atoms with Crippen molar-refractivity contribution in [1.29, 1.82) is 0 Å². The van der Waals surface area contributed by atoms with Gasteiger partial charge in [0.2, 0.25) is 0 Å². The van der Waals surface area contributed by atoms with Gasteiger partial charge < -0.3 is 10.1 Å². The van der Waals surface area contributed by atoms with Crippen LogP contribution in [0.3, 0.4) is 0 Å². The molecule has 0 aliphatic carbocycles. The van der Waals surface area contributed by atoms with E-state index in [0.29, 0.717) is 6.54 Å². The molecule has 0 saturated carbocycles. The topological polar surface area (TPSA) is 64.4 Å². The summed E-state index contributed by atoms with van der Waals surface area (Å²) in [5.41, 5.74) is 0.0900. The smallest absolute Gasteiger partial charge is 0.293 e. The lowest BCUT2D eigenvalue weighted by Gasteiger charge is -2.12. The lowest BCUT2D eigenvalue weighted by atomic mass is 10.2. The van der Waals surface area contributed by atoms with E-state index in [1.165, 1.54) is 6.07 Å². The average Bonchev–Trinajstić information content (AvgIpc) is 2.83. The van der Waals surface area contributed by atoms with Gasteiger partial charge in [-0.25, -0.2) is 4.39 Å². The first-order valence-electron chi connectivity index (χ1n) is 5.57. The van der Waals surface area contributed by atoms with Crippen LogP contribution in [0.25, 0.3) is 0 Å². The summed E-state index contributed by atoms with van der Waals surface area (Å²) in [6, 6.07) is 2.39. The van der Waals surface area contributed by atoms with E-state index in [1.54, 1.807) is 22.6 Å². The number of nitro benzene ring substituents is 1. The van der Waals surface area contributed by atoms with Gasteiger partial charge in [-0.15, -0.1) is 0 Å². The highest BCUT2D eigenvalue weighted by molar-refractivity contribution is 14.1. The average molecular weight is 366 g/mol. The molecule has 18 heavy (non-hydrogen) atoms. The lowest BCUT2D eigenvalue weighted by Crippen LogP contribution is -2.19. The molecule has 5 nitrogen and oxygen atoms in total. The minimum Gasteiger partial charge on any atom is -0.377 e. The number of rotatable bonds is 4. The Bertz CT molecular complexity index is 464. The van der Waals surface area contributed by atoms with Crippen molar-refractivity contribution in [3.05, 3.63) is 31.6 Å². The second-order valence-electron chi connectivity index (χ2n) is 4.06. The van der Waals surface area contributed by atoms with E-state index in [4.69, 9.17) is 4.74 Å². The fraction of sp³-hybridized carbons (Fsp3) is 0.455. The molecule has 7 heteroatoms. The minimum absolute atomic E-state index is 0.0481. The molecule has 1 aliphatic rings. The van der Waals surface area contributed by atoms with Crippen molar-refractivity contribution in [2.75, 3.05) is 18.5 Å². The number of hydrogen-bond donors (Lipinski definition) is 1. The molecule has 0 spiro atoms. The summed E-state index contributed by atoms with van der Waals surface area (Å²) in [5.74, 6) is -0.462. The van der Waals surface area contributed by atoms with Crippen LogP contribution in [-0.4, -0.2) is 24.2 Å². The Balaban J connectivity index is 2.14. The van der Waals surface area contributed by atoms with Gasteiger partial charge >= 0.3 is 0 Å². The van der Waals surface area contributed by atoms with Crippen molar-refractivity contribution in [3.8, 4) is 0 Å². The molecule has 98 valence electrons. The van der Waals surface area contributed by atoms with Crippen LogP contribution in [-0.2, 0) is 4.74 Å². The maximum Gasteiger partial charge on any atom is 0.293 e. The van der Waals surface area contributed by atoms with Gasteiger partial charge in [0.1, 0.15) is 11.5 Å². The van der Waals surface area contributed by atoms with Crippen LogP contribution >= 0.6 is 22.6 Å². The van der Waals surface area contributed by atoms with Crippen molar-refractivity contribution < 1.29 is 14.1 Å². The number of benzene rings is 1. The van der Waals surface area contributed by atoms with Crippen LogP contribution in [0.1, 0.15) is 12.8 Å². The summed E-state index contributed by atoms with van der Waals surface area (Å²) in [6.07, 6.45) is 1.97. The highest BCUT2D eigenvalue weighted by atomic mass is 127. The van der Waals surface area contributed by atoms with E-state index in [-0.39, 0.29) is 21.0 Å². The molecular weight excluding hydrogens is 354 g/mol. The minimum atomic E-state index is -0.514. The van der Waals surface area contributed by atoms with Gasteiger partial charge in [-0.2, -0.15) is 0 Å². The molecule has 1 aromatic rings. The number of hydrogen-bond acceptors (Lipinski definition) is 4. The Morgan fingerprint density at radius 2 is 2.39 bits per heavy atom. The SMILES string of the molecule is O=[N+]([O-])c1cc(I)c(F)cc1NCC1CCCO1. The summed E-state index contributed by atoms with van der Waals surface area (Å²) < 4.78 is 19.1. The molecule has 1 heterocycles. The molecule has 1 aromatic carbocycles. The highest BCUT2D eigenvalue weighted by Gasteiger charge is 2.20. The van der Waals surface area contributed by atoms with Gasteiger partial charge in [-0.05, 0) is 35.4 Å². The molecular formula is C11H12FIN2O3. The van der Waals surface area contributed by atoms with Gasteiger partial charge in [-0.3, -0.25) is 10.1 Å². The predicted molar refractivity (Wildman–Crippen MR) is 73.2 cm³/mol. The Labute approximate surface area is 117 Å². The fourth-order valence-corrected chi connectivity index (χ4v) is 2.31. The fourth-order valence-electron chi connectivity index (χ4n) is 1.86. The van der Waals surface area contributed by atoms with E-state index >= 15 is 0 Å². The standard InChI is InChI=1S/C11H12FIN2O3/c12-8-4-10(11(15(16)17)5-9(8)13)14-6-7-2-1-3-18-7/h4-5,7,14H,1-3,6H2. The zero-order valence-electron chi connectivity index (χ0n) is 9.49. The number of halogens is 2. The molecule has 1 N–H and O–H groups in total.